The van der Waals surface area contributed by atoms with Crippen molar-refractivity contribution in [1.82, 2.24) is 9.80 Å². The van der Waals surface area contributed by atoms with Crippen molar-refractivity contribution in [2.75, 3.05) is 32.7 Å². The molecule has 2 fully saturated rings. The lowest BCUT2D eigenvalue weighted by Crippen LogP contribution is -2.46. The molecule has 0 amide bonds. The van der Waals surface area contributed by atoms with Crippen molar-refractivity contribution in [1.29, 1.82) is 0 Å². The molecule has 3 rings (SSSR count). The number of carbonyl (C=O) groups is 1. The molecule has 0 atom stereocenters. The summed E-state index contributed by atoms with van der Waals surface area (Å²) in [4.78, 5) is 17.9. The molecule has 21 heavy (non-hydrogen) atoms. The molecule has 1 saturated carbocycles. The zero-order valence-electron chi connectivity index (χ0n) is 12.2. The van der Waals surface area contributed by atoms with E-state index in [1.54, 1.807) is 17.4 Å². The van der Waals surface area contributed by atoms with Crippen LogP contribution in [0.4, 0.5) is 0 Å². The van der Waals surface area contributed by atoms with Crippen LogP contribution in [0.5, 0.6) is 0 Å². The first kappa shape index (κ1) is 14.8. The highest BCUT2D eigenvalue weighted by atomic mass is 32.1. The van der Waals surface area contributed by atoms with Crippen LogP contribution in [0.2, 0.25) is 0 Å². The van der Waals surface area contributed by atoms with Gasteiger partial charge in [0.05, 0.1) is 0 Å². The predicted octanol–water partition coefficient (Wildman–Crippen LogP) is 2.37. The molecule has 2 aliphatic rings. The third kappa shape index (κ3) is 4.66. The quantitative estimate of drug-likeness (QED) is 0.820. The molecule has 1 saturated heterocycles. The lowest BCUT2D eigenvalue weighted by atomic mass is 10.2. The van der Waals surface area contributed by atoms with Gasteiger partial charge in [-0.1, -0.05) is 0 Å². The molecule has 1 aliphatic carbocycles. The fourth-order valence-corrected chi connectivity index (χ4v) is 3.70. The van der Waals surface area contributed by atoms with Crippen molar-refractivity contribution in [2.45, 2.75) is 19.4 Å². The number of nitrogens with zero attached hydrogens (tertiary/aromatic N) is 2. The molecule has 0 bridgehead atoms. The number of thiophene rings is 1. The summed E-state index contributed by atoms with van der Waals surface area (Å²) in [5.41, 5.74) is 0. The summed E-state index contributed by atoms with van der Waals surface area (Å²) in [6, 6.07) is 4.12. The third-order valence-electron chi connectivity index (χ3n) is 4.13. The summed E-state index contributed by atoms with van der Waals surface area (Å²) in [5.74, 6) is 0.0918. The summed E-state index contributed by atoms with van der Waals surface area (Å²) in [6.07, 6.45) is 5.74. The van der Waals surface area contributed by atoms with Gasteiger partial charge in [-0.05, 0) is 37.0 Å². The molecule has 1 N–H and O–H groups in total. The maximum absolute atomic E-state index is 10.5. The number of piperazine rings is 1. The lowest BCUT2D eigenvalue weighted by Gasteiger charge is -2.34. The second-order valence-corrected chi connectivity index (χ2v) is 7.20. The Kier molecular flexibility index (Phi) is 4.73. The van der Waals surface area contributed by atoms with Crippen molar-refractivity contribution in [3.63, 3.8) is 0 Å². The van der Waals surface area contributed by atoms with Crippen LogP contribution in [-0.2, 0) is 11.3 Å². The molecule has 0 radical (unpaired) electrons. The summed E-state index contributed by atoms with van der Waals surface area (Å²) >= 11 is 1.68. The van der Waals surface area contributed by atoms with Gasteiger partial charge in [0.2, 0.25) is 0 Å². The molecule has 114 valence electrons. The minimum absolute atomic E-state index is 0.892. The van der Waals surface area contributed by atoms with Crippen LogP contribution in [-0.4, -0.2) is 53.6 Å². The van der Waals surface area contributed by atoms with E-state index in [9.17, 15) is 4.79 Å². The number of hydrogen-bond donors (Lipinski definition) is 1. The highest BCUT2D eigenvalue weighted by Gasteiger charge is 2.26. The Morgan fingerprint density at radius 1 is 1.24 bits per heavy atom. The van der Waals surface area contributed by atoms with Crippen LogP contribution in [0.15, 0.2) is 18.2 Å². The van der Waals surface area contributed by atoms with Crippen LogP contribution in [0.1, 0.15) is 22.6 Å². The van der Waals surface area contributed by atoms with Crippen LogP contribution in [0, 0.1) is 5.92 Å². The number of hydrogen-bond acceptors (Lipinski definition) is 4. The van der Waals surface area contributed by atoms with Gasteiger partial charge < -0.3 is 10.0 Å². The molecule has 1 aliphatic heterocycles. The SMILES string of the molecule is O=C(O)C=Cc1ccc(CN2CCN(CC3CC3)CC2)s1. The normalized spacial score (nSPS) is 21.1. The van der Waals surface area contributed by atoms with Crippen LogP contribution >= 0.6 is 11.3 Å². The van der Waals surface area contributed by atoms with E-state index in [1.807, 2.05) is 6.07 Å². The first-order chi connectivity index (χ1) is 10.2. The second-order valence-electron chi connectivity index (χ2n) is 6.00. The zero-order valence-corrected chi connectivity index (χ0v) is 13.0. The Balaban J connectivity index is 1.45. The van der Waals surface area contributed by atoms with E-state index >= 15 is 0 Å². The lowest BCUT2D eigenvalue weighted by molar-refractivity contribution is -0.131. The van der Waals surface area contributed by atoms with Crippen molar-refractivity contribution in [3.05, 3.63) is 28.0 Å². The van der Waals surface area contributed by atoms with Gasteiger partial charge in [-0.3, -0.25) is 4.90 Å². The maximum Gasteiger partial charge on any atom is 0.328 e. The second kappa shape index (κ2) is 6.73. The van der Waals surface area contributed by atoms with Gasteiger partial charge in [-0.15, -0.1) is 11.3 Å². The van der Waals surface area contributed by atoms with E-state index in [4.69, 9.17) is 5.11 Å². The molecule has 2 heterocycles. The molecule has 0 unspecified atom stereocenters. The zero-order chi connectivity index (χ0) is 14.7. The van der Waals surface area contributed by atoms with Crippen LogP contribution < -0.4 is 0 Å². The Labute approximate surface area is 129 Å². The highest BCUT2D eigenvalue weighted by molar-refractivity contribution is 7.12. The third-order valence-corrected chi connectivity index (χ3v) is 5.17. The predicted molar refractivity (Wildman–Crippen MR) is 85.4 cm³/mol. The van der Waals surface area contributed by atoms with Gasteiger partial charge in [-0.25, -0.2) is 4.79 Å². The van der Waals surface area contributed by atoms with E-state index in [2.05, 4.69) is 15.9 Å². The summed E-state index contributed by atoms with van der Waals surface area (Å²) in [6.45, 7) is 6.96. The maximum atomic E-state index is 10.5. The van der Waals surface area contributed by atoms with Gasteiger partial charge in [0.15, 0.2) is 0 Å². The standard InChI is InChI=1S/C16H22N2O2S/c19-16(20)6-5-14-3-4-15(21-14)12-18-9-7-17(8-10-18)11-13-1-2-13/h3-6,13H,1-2,7-12H2,(H,19,20). The smallest absolute Gasteiger partial charge is 0.328 e. The molecule has 0 spiro atoms. The summed E-state index contributed by atoms with van der Waals surface area (Å²) < 4.78 is 0. The Bertz CT molecular complexity index is 514. The van der Waals surface area contributed by atoms with E-state index in [-0.39, 0.29) is 0 Å². The van der Waals surface area contributed by atoms with Gasteiger partial charge in [0.1, 0.15) is 0 Å². The first-order valence-electron chi connectivity index (χ1n) is 7.63. The Hall–Kier alpha value is -1.17. The van der Waals surface area contributed by atoms with E-state index in [0.29, 0.717) is 0 Å². The monoisotopic (exact) mass is 306 g/mol. The highest BCUT2D eigenvalue weighted by Crippen LogP contribution is 2.30. The summed E-state index contributed by atoms with van der Waals surface area (Å²) in [5, 5.41) is 8.64. The van der Waals surface area contributed by atoms with Gasteiger partial charge >= 0.3 is 5.97 Å². The van der Waals surface area contributed by atoms with Crippen LogP contribution in [0.25, 0.3) is 6.08 Å². The fraction of sp³-hybridized carbons (Fsp3) is 0.562. The van der Waals surface area contributed by atoms with E-state index in [1.165, 1.54) is 43.4 Å². The molecule has 1 aromatic heterocycles. The minimum atomic E-state index is -0.892. The molecule has 4 nitrogen and oxygen atoms in total. The van der Waals surface area contributed by atoms with Crippen molar-refractivity contribution in [3.8, 4) is 0 Å². The Morgan fingerprint density at radius 2 is 1.95 bits per heavy atom. The summed E-state index contributed by atoms with van der Waals surface area (Å²) in [7, 11) is 0. The topological polar surface area (TPSA) is 43.8 Å². The number of carboxylic acid groups (broad SMARTS) is 1. The molecule has 1 aromatic rings. The average molecular weight is 306 g/mol. The largest absolute Gasteiger partial charge is 0.478 e. The van der Waals surface area contributed by atoms with Gasteiger partial charge in [0, 0.05) is 55.1 Å². The average Bonchev–Trinajstić information content (AvgIpc) is 3.16. The number of aliphatic carboxylic acids is 1. The van der Waals surface area contributed by atoms with Gasteiger partial charge in [-0.2, -0.15) is 0 Å². The fourth-order valence-electron chi connectivity index (χ4n) is 2.74. The first-order valence-corrected chi connectivity index (χ1v) is 8.45. The number of rotatable bonds is 6. The van der Waals surface area contributed by atoms with E-state index < -0.39 is 5.97 Å². The Morgan fingerprint density at radius 3 is 2.62 bits per heavy atom. The molecular weight excluding hydrogens is 284 g/mol. The minimum Gasteiger partial charge on any atom is -0.478 e. The number of carboxylic acids is 1. The van der Waals surface area contributed by atoms with Crippen molar-refractivity contribution < 1.29 is 9.90 Å². The molecular formula is C16H22N2O2S. The van der Waals surface area contributed by atoms with Crippen molar-refractivity contribution >= 4 is 23.4 Å². The van der Waals surface area contributed by atoms with E-state index in [0.717, 1.165) is 30.4 Å². The van der Waals surface area contributed by atoms with Gasteiger partial charge in [0.25, 0.3) is 0 Å². The molecule has 0 aromatic carbocycles. The van der Waals surface area contributed by atoms with Crippen LogP contribution in [0.3, 0.4) is 0 Å². The molecule has 5 heteroatoms. The van der Waals surface area contributed by atoms with Crippen molar-refractivity contribution in [2.24, 2.45) is 5.92 Å².